The maximum absolute atomic E-state index is 14.3. The molecule has 0 saturated heterocycles. The van der Waals surface area contributed by atoms with Crippen molar-refractivity contribution in [1.29, 1.82) is 0 Å². The van der Waals surface area contributed by atoms with E-state index in [1.807, 2.05) is 38.1 Å². The molecule has 4 aromatic rings. The molecule has 0 radical (unpaired) electrons. The molecular weight excluding hydrogens is 1180 g/mol. The molecule has 82 heavy (non-hydrogen) atoms. The number of esters is 1. The largest absolute Gasteiger partial charge is 0.464 e. The molecule has 0 spiro atoms. The smallest absolute Gasteiger partial charge is 0.427 e. The molecule has 6 amide bonds. The first-order valence-corrected chi connectivity index (χ1v) is 28.4. The SMILES string of the molecule is CC(C)(C)OC(=O)N(C(=O)OC(C)(C)C)c1nc(N(C(=O)OC(C)(C)C)C(=O)OC(C)(C)C)c2ncn(CC(=O)N(CCCOCCOCCOC(C)(C)CNC(=O)OCC3c4ccccc4-c4ccccc43)CC(=O)OCCI)c2n1. The first-order chi connectivity index (χ1) is 38.3. The molecule has 0 bridgehead atoms. The number of halogens is 1. The molecule has 0 fully saturated rings. The van der Waals surface area contributed by atoms with Gasteiger partial charge in [0.2, 0.25) is 11.9 Å². The number of benzene rings is 2. The fourth-order valence-electron chi connectivity index (χ4n) is 7.94. The molecule has 1 aliphatic carbocycles. The van der Waals surface area contributed by atoms with Gasteiger partial charge in [0.25, 0.3) is 0 Å². The van der Waals surface area contributed by atoms with Crippen LogP contribution in [0.3, 0.4) is 0 Å². The number of rotatable bonds is 23. The Kier molecular flexibility index (Phi) is 23.0. The van der Waals surface area contributed by atoms with Crippen LogP contribution in [-0.2, 0) is 58.8 Å². The second-order valence-electron chi connectivity index (χ2n) is 23.6. The lowest BCUT2D eigenvalue weighted by molar-refractivity contribution is -0.149. The summed E-state index contributed by atoms with van der Waals surface area (Å²) in [7, 11) is 0. The fraction of sp³-hybridized carbons (Fsp3) is 0.579. The fourth-order valence-corrected chi connectivity index (χ4v) is 8.16. The lowest BCUT2D eigenvalue weighted by Gasteiger charge is -2.29. The number of ether oxygens (including phenoxy) is 9. The molecule has 0 aliphatic heterocycles. The molecule has 2 heterocycles. The van der Waals surface area contributed by atoms with Crippen molar-refractivity contribution >= 4 is 87.9 Å². The van der Waals surface area contributed by atoms with Crippen LogP contribution in [-0.4, -0.2) is 165 Å². The molecule has 0 saturated carbocycles. The van der Waals surface area contributed by atoms with Crippen molar-refractivity contribution in [3.63, 3.8) is 0 Å². The minimum Gasteiger partial charge on any atom is -0.464 e. The highest BCUT2D eigenvalue weighted by atomic mass is 127. The molecule has 2 aromatic heterocycles. The number of alkyl carbamates (subject to hydrolysis) is 1. The first kappa shape index (κ1) is 66.1. The topological polar surface area (TPSA) is 268 Å². The highest BCUT2D eigenvalue weighted by Gasteiger charge is 2.41. The van der Waals surface area contributed by atoms with Crippen LogP contribution < -0.4 is 15.1 Å². The van der Waals surface area contributed by atoms with E-state index in [0.29, 0.717) is 14.2 Å². The number of nitrogens with one attached hydrogen (secondary N) is 1. The van der Waals surface area contributed by atoms with Crippen molar-refractivity contribution in [3.05, 3.63) is 66.0 Å². The van der Waals surface area contributed by atoms with Crippen molar-refractivity contribution in [2.24, 2.45) is 0 Å². The highest BCUT2D eigenvalue weighted by Crippen LogP contribution is 2.44. The summed E-state index contributed by atoms with van der Waals surface area (Å²) in [6.07, 6.45) is -4.19. The molecular formula is C57H79IN8O16. The molecule has 1 aliphatic rings. The van der Waals surface area contributed by atoms with Crippen LogP contribution >= 0.6 is 22.6 Å². The summed E-state index contributed by atoms with van der Waals surface area (Å²) in [4.78, 5) is 112. The summed E-state index contributed by atoms with van der Waals surface area (Å²) in [6.45, 7) is 23.1. The summed E-state index contributed by atoms with van der Waals surface area (Å²) in [5.41, 5.74) is -1.34. The van der Waals surface area contributed by atoms with E-state index in [1.54, 1.807) is 83.1 Å². The average Bonchev–Trinajstić information content (AvgIpc) is 3.96. The minimum atomic E-state index is -1.28. The zero-order valence-corrected chi connectivity index (χ0v) is 51.7. The van der Waals surface area contributed by atoms with E-state index in [0.717, 1.165) is 22.3 Å². The minimum absolute atomic E-state index is 0.0280. The summed E-state index contributed by atoms with van der Waals surface area (Å²) >= 11 is 2.05. The maximum Gasteiger partial charge on any atom is 0.427 e. The standard InChI is InChI=1S/C57H79IN8O16/c1-53(2,3)79-49(70)65(50(71)80-54(4,5)6)46-44-45(61-47(62-46)66(51(72)81-55(7,8)9)52(73)82-56(10,11)12)64(36-60-44)32-42(67)63(33-43(68)76-27-24-58)25-19-26-74-28-29-75-30-31-78-57(13,14)35-59-48(69)77-34-41-39-22-17-15-20-37(39)38-21-16-18-23-40(38)41/h15-18,20-23,36,41H,19,24-35H2,1-14H3,(H,59,69). The third-order valence-electron chi connectivity index (χ3n) is 11.3. The van der Waals surface area contributed by atoms with Gasteiger partial charge in [-0.2, -0.15) is 14.9 Å². The van der Waals surface area contributed by atoms with Gasteiger partial charge in [-0.3, -0.25) is 9.59 Å². The van der Waals surface area contributed by atoms with Gasteiger partial charge in [0.1, 0.15) is 48.7 Å². The van der Waals surface area contributed by atoms with Crippen LogP contribution in [0.15, 0.2) is 54.9 Å². The van der Waals surface area contributed by atoms with Gasteiger partial charge in [0.15, 0.2) is 17.0 Å². The predicted molar refractivity (Wildman–Crippen MR) is 311 cm³/mol. The van der Waals surface area contributed by atoms with E-state index in [4.69, 9.17) is 42.6 Å². The summed E-state index contributed by atoms with van der Waals surface area (Å²) < 4.78 is 52.7. The van der Waals surface area contributed by atoms with Crippen LogP contribution in [0.4, 0.5) is 35.7 Å². The van der Waals surface area contributed by atoms with E-state index >= 15 is 0 Å². The monoisotopic (exact) mass is 1260 g/mol. The Morgan fingerprint density at radius 2 is 1.12 bits per heavy atom. The number of imide groups is 2. The third-order valence-corrected chi connectivity index (χ3v) is 11.7. The lowest BCUT2D eigenvalue weighted by Crippen LogP contribution is -2.46. The number of imidazole rings is 1. The maximum atomic E-state index is 14.3. The van der Waals surface area contributed by atoms with Crippen molar-refractivity contribution in [2.75, 3.05) is 80.1 Å². The number of carbonyl (C=O) groups is 7. The van der Waals surface area contributed by atoms with Crippen molar-refractivity contribution in [1.82, 2.24) is 29.7 Å². The summed E-state index contributed by atoms with van der Waals surface area (Å²) in [5, 5.41) is 2.81. The van der Waals surface area contributed by atoms with Crippen molar-refractivity contribution < 1.29 is 76.2 Å². The Balaban J connectivity index is 1.24. The number of hydrogen-bond acceptors (Lipinski definition) is 19. The summed E-state index contributed by atoms with van der Waals surface area (Å²) in [5.74, 6) is -2.69. The normalized spacial score (nSPS) is 12.7. The first-order valence-electron chi connectivity index (χ1n) is 26.9. The van der Waals surface area contributed by atoms with E-state index < -0.39 is 95.2 Å². The van der Waals surface area contributed by atoms with E-state index in [9.17, 15) is 33.6 Å². The highest BCUT2D eigenvalue weighted by molar-refractivity contribution is 14.1. The van der Waals surface area contributed by atoms with Crippen LogP contribution in [0.5, 0.6) is 0 Å². The van der Waals surface area contributed by atoms with Gasteiger partial charge in [0, 0.05) is 30.0 Å². The number of amides is 6. The van der Waals surface area contributed by atoms with E-state index in [-0.39, 0.29) is 82.8 Å². The van der Waals surface area contributed by atoms with Gasteiger partial charge in [-0.05, 0) is 126 Å². The van der Waals surface area contributed by atoms with Crippen LogP contribution in [0.2, 0.25) is 0 Å². The Hall–Kier alpha value is -6.71. The van der Waals surface area contributed by atoms with Crippen LogP contribution in [0, 0.1) is 0 Å². The van der Waals surface area contributed by atoms with E-state index in [1.165, 1.54) is 15.8 Å². The quantitative estimate of drug-likeness (QED) is 0.0238. The number of fused-ring (bicyclic) bond motifs is 4. The molecule has 24 nitrogen and oxygen atoms in total. The Labute approximate surface area is 492 Å². The molecule has 450 valence electrons. The number of carbonyl (C=O) groups excluding carboxylic acids is 7. The van der Waals surface area contributed by atoms with Gasteiger partial charge in [-0.15, -0.1) is 4.90 Å². The number of anilines is 2. The third kappa shape index (κ3) is 20.3. The number of nitrogens with zero attached hydrogens (tertiary/aromatic N) is 7. The number of aromatic nitrogens is 4. The molecule has 1 N–H and O–H groups in total. The van der Waals surface area contributed by atoms with Gasteiger partial charge >= 0.3 is 36.4 Å². The van der Waals surface area contributed by atoms with Crippen molar-refractivity contribution in [3.8, 4) is 11.1 Å². The van der Waals surface area contributed by atoms with Gasteiger partial charge in [0.05, 0.1) is 38.4 Å². The van der Waals surface area contributed by atoms with Crippen LogP contribution in [0.1, 0.15) is 120 Å². The second-order valence-corrected chi connectivity index (χ2v) is 24.7. The molecule has 0 atom stereocenters. The van der Waals surface area contributed by atoms with Crippen molar-refractivity contribution in [2.45, 2.75) is 144 Å². The Morgan fingerprint density at radius 3 is 1.65 bits per heavy atom. The number of hydrogen-bond donors (Lipinski definition) is 1. The molecule has 25 heteroatoms. The average molecular weight is 1260 g/mol. The Morgan fingerprint density at radius 1 is 0.622 bits per heavy atom. The lowest BCUT2D eigenvalue weighted by atomic mass is 9.98. The van der Waals surface area contributed by atoms with Gasteiger partial charge in [-0.1, -0.05) is 71.1 Å². The van der Waals surface area contributed by atoms with Gasteiger partial charge < -0.3 is 57.4 Å². The number of alkyl halides is 1. The Bertz CT molecular complexity index is 2780. The van der Waals surface area contributed by atoms with Crippen LogP contribution in [0.25, 0.3) is 22.3 Å². The summed E-state index contributed by atoms with van der Waals surface area (Å²) in [6, 6.07) is 16.3. The molecule has 5 rings (SSSR count). The predicted octanol–water partition coefficient (Wildman–Crippen LogP) is 9.74. The second kappa shape index (κ2) is 28.5. The zero-order valence-electron chi connectivity index (χ0n) is 49.5. The molecule has 0 unspecified atom stereocenters. The van der Waals surface area contributed by atoms with Gasteiger partial charge in [-0.25, -0.2) is 29.0 Å². The zero-order chi connectivity index (χ0) is 60.8. The van der Waals surface area contributed by atoms with E-state index in [2.05, 4.69) is 67.1 Å². The molecule has 2 aromatic carbocycles.